The lowest BCUT2D eigenvalue weighted by Gasteiger charge is -2.14. The summed E-state index contributed by atoms with van der Waals surface area (Å²) in [5.41, 5.74) is 5.04. The zero-order valence-electron chi connectivity index (χ0n) is 16.3. The van der Waals surface area contributed by atoms with E-state index in [2.05, 4.69) is 5.32 Å². The first kappa shape index (κ1) is 18.5. The topological polar surface area (TPSA) is 57.5 Å². The number of nitrogens with zero attached hydrogens (tertiary/aromatic N) is 2. The van der Waals surface area contributed by atoms with Gasteiger partial charge in [0.25, 0.3) is 0 Å². The average Bonchev–Trinajstić information content (AvgIpc) is 3.30. The minimum Gasteiger partial charge on any atom is -0.493 e. The SMILES string of the molecule is COc1cc(-c2nn(-c3ccc(Cl)cc3C)c3c2CCN3)cc(OC)c1OC. The molecule has 0 saturated heterocycles. The molecule has 1 aliphatic rings. The molecule has 1 N–H and O–H groups in total. The van der Waals surface area contributed by atoms with Crippen molar-refractivity contribution in [3.8, 4) is 34.2 Å². The molecule has 0 radical (unpaired) electrons. The zero-order valence-corrected chi connectivity index (χ0v) is 17.1. The van der Waals surface area contributed by atoms with Gasteiger partial charge in [0.1, 0.15) is 5.82 Å². The monoisotopic (exact) mass is 399 g/mol. The maximum atomic E-state index is 6.13. The number of halogens is 1. The van der Waals surface area contributed by atoms with E-state index in [4.69, 9.17) is 30.9 Å². The highest BCUT2D eigenvalue weighted by Gasteiger charge is 2.26. The van der Waals surface area contributed by atoms with Gasteiger partial charge in [-0.25, -0.2) is 4.68 Å². The Balaban J connectivity index is 1.91. The molecular formula is C21H22ClN3O3. The molecule has 2 heterocycles. The molecule has 1 aliphatic heterocycles. The molecule has 146 valence electrons. The normalized spacial score (nSPS) is 12.5. The van der Waals surface area contributed by atoms with Crippen LogP contribution in [0.2, 0.25) is 5.02 Å². The second-order valence-electron chi connectivity index (χ2n) is 6.61. The molecule has 0 spiro atoms. The molecular weight excluding hydrogens is 378 g/mol. The third kappa shape index (κ3) is 2.94. The van der Waals surface area contributed by atoms with Gasteiger partial charge in [-0.3, -0.25) is 0 Å². The second-order valence-corrected chi connectivity index (χ2v) is 7.05. The Bertz CT molecular complexity index is 1020. The number of rotatable bonds is 5. The predicted molar refractivity (Wildman–Crippen MR) is 111 cm³/mol. The van der Waals surface area contributed by atoms with Crippen LogP contribution >= 0.6 is 11.6 Å². The maximum Gasteiger partial charge on any atom is 0.203 e. The number of hydrogen-bond acceptors (Lipinski definition) is 5. The fourth-order valence-electron chi connectivity index (χ4n) is 3.66. The molecule has 6 nitrogen and oxygen atoms in total. The van der Waals surface area contributed by atoms with Gasteiger partial charge in [0.15, 0.2) is 11.5 Å². The summed E-state index contributed by atoms with van der Waals surface area (Å²) in [5.74, 6) is 2.79. The summed E-state index contributed by atoms with van der Waals surface area (Å²) in [6.07, 6.45) is 0.897. The Hall–Kier alpha value is -2.86. The number of ether oxygens (including phenoxy) is 3. The first-order valence-corrected chi connectivity index (χ1v) is 9.37. The van der Waals surface area contributed by atoms with Gasteiger partial charge >= 0.3 is 0 Å². The zero-order chi connectivity index (χ0) is 19.8. The number of aryl methyl sites for hydroxylation is 1. The van der Waals surface area contributed by atoms with E-state index in [9.17, 15) is 0 Å². The standard InChI is InChI=1S/C21H22ClN3O3/c1-12-9-14(22)5-6-16(12)25-21-15(7-8-23-21)19(24-25)13-10-17(26-2)20(28-4)18(11-13)27-3/h5-6,9-11,23H,7-8H2,1-4H3. The Morgan fingerprint density at radius 2 is 1.75 bits per heavy atom. The van der Waals surface area contributed by atoms with E-state index in [0.717, 1.165) is 41.3 Å². The molecule has 0 aliphatic carbocycles. The molecule has 0 atom stereocenters. The number of anilines is 1. The van der Waals surface area contributed by atoms with Crippen LogP contribution in [0, 0.1) is 6.92 Å². The number of aromatic nitrogens is 2. The molecule has 2 aromatic carbocycles. The van der Waals surface area contributed by atoms with Gasteiger partial charge < -0.3 is 19.5 Å². The first-order valence-electron chi connectivity index (χ1n) is 9.00. The fourth-order valence-corrected chi connectivity index (χ4v) is 3.88. The van der Waals surface area contributed by atoms with Crippen molar-refractivity contribution in [1.82, 2.24) is 9.78 Å². The molecule has 0 bridgehead atoms. The Morgan fingerprint density at radius 1 is 1.04 bits per heavy atom. The van der Waals surface area contributed by atoms with Crippen LogP contribution in [0.3, 0.4) is 0 Å². The molecule has 3 aromatic rings. The molecule has 0 fully saturated rings. The number of hydrogen-bond donors (Lipinski definition) is 1. The van der Waals surface area contributed by atoms with Crippen LogP contribution in [0.15, 0.2) is 30.3 Å². The van der Waals surface area contributed by atoms with Gasteiger partial charge in [-0.15, -0.1) is 0 Å². The Morgan fingerprint density at radius 3 is 2.36 bits per heavy atom. The molecule has 7 heteroatoms. The summed E-state index contributed by atoms with van der Waals surface area (Å²) in [6, 6.07) is 9.68. The molecule has 28 heavy (non-hydrogen) atoms. The van der Waals surface area contributed by atoms with E-state index in [1.165, 1.54) is 5.56 Å². The van der Waals surface area contributed by atoms with Crippen LogP contribution in [0.25, 0.3) is 16.9 Å². The van der Waals surface area contributed by atoms with Gasteiger partial charge in [0.2, 0.25) is 5.75 Å². The quantitative estimate of drug-likeness (QED) is 0.684. The second kappa shape index (κ2) is 7.28. The maximum absolute atomic E-state index is 6.13. The summed E-state index contributed by atoms with van der Waals surface area (Å²) >= 11 is 6.13. The highest BCUT2D eigenvalue weighted by atomic mass is 35.5. The third-order valence-corrected chi connectivity index (χ3v) is 5.21. The highest BCUT2D eigenvalue weighted by molar-refractivity contribution is 6.30. The largest absolute Gasteiger partial charge is 0.493 e. The van der Waals surface area contributed by atoms with Crippen molar-refractivity contribution in [1.29, 1.82) is 0 Å². The smallest absolute Gasteiger partial charge is 0.203 e. The number of methoxy groups -OCH3 is 3. The molecule has 0 unspecified atom stereocenters. The van der Waals surface area contributed by atoms with E-state index >= 15 is 0 Å². The Labute approximate surface area is 169 Å². The summed E-state index contributed by atoms with van der Waals surface area (Å²) in [6.45, 7) is 2.90. The van der Waals surface area contributed by atoms with Crippen LogP contribution in [-0.4, -0.2) is 37.7 Å². The number of nitrogens with one attached hydrogen (secondary N) is 1. The van der Waals surface area contributed by atoms with Crippen molar-refractivity contribution in [3.05, 3.63) is 46.5 Å². The Kier molecular flexibility index (Phi) is 4.81. The summed E-state index contributed by atoms with van der Waals surface area (Å²) < 4.78 is 18.4. The van der Waals surface area contributed by atoms with Crippen molar-refractivity contribution in [2.24, 2.45) is 0 Å². The predicted octanol–water partition coefficient (Wildman–Crippen LogP) is 4.49. The first-order chi connectivity index (χ1) is 13.6. The summed E-state index contributed by atoms with van der Waals surface area (Å²) in [4.78, 5) is 0. The number of benzene rings is 2. The van der Waals surface area contributed by atoms with Crippen LogP contribution in [0.1, 0.15) is 11.1 Å². The number of fused-ring (bicyclic) bond motifs is 1. The van der Waals surface area contributed by atoms with E-state index in [1.807, 2.05) is 41.9 Å². The molecule has 1 aromatic heterocycles. The van der Waals surface area contributed by atoms with Crippen LogP contribution in [0.4, 0.5) is 5.82 Å². The molecule has 4 rings (SSSR count). The van der Waals surface area contributed by atoms with Gasteiger partial charge in [-0.1, -0.05) is 11.6 Å². The van der Waals surface area contributed by atoms with Crippen molar-refractivity contribution in [3.63, 3.8) is 0 Å². The van der Waals surface area contributed by atoms with E-state index in [-0.39, 0.29) is 0 Å². The van der Waals surface area contributed by atoms with Crippen molar-refractivity contribution < 1.29 is 14.2 Å². The molecule has 0 amide bonds. The van der Waals surface area contributed by atoms with Crippen molar-refractivity contribution in [2.45, 2.75) is 13.3 Å². The van der Waals surface area contributed by atoms with Gasteiger partial charge in [-0.05, 0) is 49.2 Å². The van der Waals surface area contributed by atoms with Gasteiger partial charge in [-0.2, -0.15) is 5.10 Å². The summed E-state index contributed by atoms with van der Waals surface area (Å²) in [5, 5.41) is 9.10. The van der Waals surface area contributed by atoms with Gasteiger partial charge in [0, 0.05) is 22.7 Å². The average molecular weight is 400 g/mol. The minimum absolute atomic E-state index is 0.566. The van der Waals surface area contributed by atoms with Crippen LogP contribution in [0.5, 0.6) is 17.2 Å². The van der Waals surface area contributed by atoms with Crippen molar-refractivity contribution in [2.75, 3.05) is 33.2 Å². The van der Waals surface area contributed by atoms with Gasteiger partial charge in [0.05, 0.1) is 32.7 Å². The van der Waals surface area contributed by atoms with E-state index in [1.54, 1.807) is 21.3 Å². The molecule has 0 saturated carbocycles. The summed E-state index contributed by atoms with van der Waals surface area (Å²) in [7, 11) is 4.82. The minimum atomic E-state index is 0.566. The fraction of sp³-hybridized carbons (Fsp3) is 0.286. The van der Waals surface area contributed by atoms with E-state index in [0.29, 0.717) is 22.3 Å². The lowest BCUT2D eigenvalue weighted by atomic mass is 10.1. The highest BCUT2D eigenvalue weighted by Crippen LogP contribution is 2.43. The lowest BCUT2D eigenvalue weighted by Crippen LogP contribution is -2.05. The van der Waals surface area contributed by atoms with Crippen LogP contribution in [-0.2, 0) is 6.42 Å². The van der Waals surface area contributed by atoms with E-state index < -0.39 is 0 Å². The third-order valence-electron chi connectivity index (χ3n) is 4.98. The lowest BCUT2D eigenvalue weighted by molar-refractivity contribution is 0.324. The van der Waals surface area contributed by atoms with Crippen LogP contribution < -0.4 is 19.5 Å². The van der Waals surface area contributed by atoms with Crippen molar-refractivity contribution >= 4 is 17.4 Å².